The smallest absolute Gasteiger partial charge is 0.223 e. The fourth-order valence-corrected chi connectivity index (χ4v) is 5.42. The van der Waals surface area contributed by atoms with Crippen molar-refractivity contribution in [1.29, 1.82) is 0 Å². The predicted molar refractivity (Wildman–Crippen MR) is 107 cm³/mol. The van der Waals surface area contributed by atoms with Gasteiger partial charge in [-0.05, 0) is 49.9 Å². The second-order valence-electron chi connectivity index (χ2n) is 7.51. The molecule has 1 amide bonds. The minimum atomic E-state index is -3.54. The minimum Gasteiger partial charge on any atom is -0.486 e. The molecule has 0 radical (unpaired) electrons. The van der Waals surface area contributed by atoms with Gasteiger partial charge in [-0.3, -0.25) is 4.79 Å². The van der Waals surface area contributed by atoms with E-state index >= 15 is 0 Å². The highest BCUT2D eigenvalue weighted by atomic mass is 35.5. The maximum atomic E-state index is 12.7. The molecule has 0 spiro atoms. The van der Waals surface area contributed by atoms with Crippen LogP contribution < -0.4 is 14.8 Å². The van der Waals surface area contributed by atoms with Crippen LogP contribution in [0.1, 0.15) is 19.3 Å². The van der Waals surface area contributed by atoms with Crippen LogP contribution in [0.4, 0.5) is 0 Å². The average molecular weight is 431 g/mol. The molecular weight excluding hydrogens is 404 g/mol. The molecule has 1 aromatic carbocycles. The van der Waals surface area contributed by atoms with Crippen molar-refractivity contribution in [3.05, 3.63) is 18.2 Å². The third-order valence-corrected chi connectivity index (χ3v) is 7.54. The van der Waals surface area contributed by atoms with E-state index in [9.17, 15) is 13.2 Å². The molecule has 1 N–H and O–H groups in total. The van der Waals surface area contributed by atoms with Crippen LogP contribution in [-0.2, 0) is 14.6 Å². The first-order valence-electron chi connectivity index (χ1n) is 9.64. The molecule has 4 rings (SSSR count). The van der Waals surface area contributed by atoms with Crippen molar-refractivity contribution in [2.75, 3.05) is 45.1 Å². The fraction of sp³-hybridized carbons (Fsp3) is 0.632. The maximum Gasteiger partial charge on any atom is 0.223 e. The van der Waals surface area contributed by atoms with Gasteiger partial charge < -0.3 is 19.7 Å². The molecule has 0 aliphatic carbocycles. The van der Waals surface area contributed by atoms with Gasteiger partial charge in [-0.15, -0.1) is 12.4 Å². The number of nitrogens with zero attached hydrogens (tertiary/aromatic N) is 1. The molecule has 28 heavy (non-hydrogen) atoms. The van der Waals surface area contributed by atoms with E-state index in [2.05, 4.69) is 5.32 Å². The van der Waals surface area contributed by atoms with Crippen LogP contribution in [0.15, 0.2) is 23.1 Å². The predicted octanol–water partition coefficient (Wildman–Crippen LogP) is 1.50. The van der Waals surface area contributed by atoms with Gasteiger partial charge in [0.15, 0.2) is 21.3 Å². The number of likely N-dealkylation sites (tertiary alicyclic amines) is 1. The summed E-state index contributed by atoms with van der Waals surface area (Å²) in [5.74, 6) is 2.04. The van der Waals surface area contributed by atoms with Crippen LogP contribution in [0, 0.1) is 11.8 Å². The summed E-state index contributed by atoms with van der Waals surface area (Å²) < 4.78 is 36.2. The lowest BCUT2D eigenvalue weighted by Gasteiger charge is -2.21. The molecule has 2 fully saturated rings. The molecule has 1 aromatic rings. The summed E-state index contributed by atoms with van der Waals surface area (Å²) in [7, 11) is -3.54. The second kappa shape index (κ2) is 8.88. The molecule has 156 valence electrons. The number of carbonyl (C=O) groups excluding carboxylic acids is 1. The zero-order valence-electron chi connectivity index (χ0n) is 15.8. The number of halogens is 1. The van der Waals surface area contributed by atoms with Crippen LogP contribution in [0.25, 0.3) is 0 Å². The number of carbonyl (C=O) groups is 1. The molecule has 0 unspecified atom stereocenters. The van der Waals surface area contributed by atoms with Crippen molar-refractivity contribution in [1.82, 2.24) is 10.2 Å². The molecule has 7 nitrogen and oxygen atoms in total. The molecule has 3 aliphatic heterocycles. The van der Waals surface area contributed by atoms with Gasteiger partial charge in [0.25, 0.3) is 0 Å². The van der Waals surface area contributed by atoms with Gasteiger partial charge in [0, 0.05) is 25.6 Å². The SMILES string of the molecule is Cl.O=C(CCS(=O)(=O)c1ccc2c(c1)OCCO2)N1CC[C@@H]2CNC[C@@H]2CC1. The van der Waals surface area contributed by atoms with Crippen molar-refractivity contribution in [3.63, 3.8) is 0 Å². The fourth-order valence-electron chi connectivity index (χ4n) is 4.18. The molecule has 9 heteroatoms. The first-order chi connectivity index (χ1) is 13.0. The summed E-state index contributed by atoms with van der Waals surface area (Å²) in [6.07, 6.45) is 2.01. The summed E-state index contributed by atoms with van der Waals surface area (Å²) in [6, 6.07) is 4.63. The topological polar surface area (TPSA) is 84.9 Å². The van der Waals surface area contributed by atoms with E-state index in [0.29, 0.717) is 36.5 Å². The third-order valence-electron chi connectivity index (χ3n) is 5.83. The van der Waals surface area contributed by atoms with E-state index < -0.39 is 9.84 Å². The molecule has 0 saturated carbocycles. The third kappa shape index (κ3) is 4.55. The second-order valence-corrected chi connectivity index (χ2v) is 9.62. The zero-order valence-corrected chi connectivity index (χ0v) is 17.4. The minimum absolute atomic E-state index is 0. The van der Waals surface area contributed by atoms with Crippen molar-refractivity contribution in [2.45, 2.75) is 24.2 Å². The first kappa shape index (κ1) is 21.2. The molecule has 3 heterocycles. The first-order valence-corrected chi connectivity index (χ1v) is 11.3. The molecule has 2 atom stereocenters. The van der Waals surface area contributed by atoms with Crippen molar-refractivity contribution < 1.29 is 22.7 Å². The highest BCUT2D eigenvalue weighted by molar-refractivity contribution is 7.91. The van der Waals surface area contributed by atoms with Crippen molar-refractivity contribution in [3.8, 4) is 11.5 Å². The molecule has 3 aliphatic rings. The lowest BCUT2D eigenvalue weighted by atomic mass is 9.92. The van der Waals surface area contributed by atoms with E-state index in [1.807, 2.05) is 4.90 Å². The van der Waals surface area contributed by atoms with Crippen molar-refractivity contribution in [2.24, 2.45) is 11.8 Å². The van der Waals surface area contributed by atoms with Crippen LogP contribution in [0.5, 0.6) is 11.5 Å². The summed E-state index contributed by atoms with van der Waals surface area (Å²) in [6.45, 7) is 4.39. The van der Waals surface area contributed by atoms with Gasteiger partial charge in [0.1, 0.15) is 13.2 Å². The van der Waals surface area contributed by atoms with Gasteiger partial charge in [0.2, 0.25) is 5.91 Å². The Bertz CT molecular complexity index is 803. The Morgan fingerprint density at radius 2 is 1.71 bits per heavy atom. The molecule has 0 aromatic heterocycles. The number of rotatable bonds is 4. The van der Waals surface area contributed by atoms with Crippen LogP contribution in [0.3, 0.4) is 0 Å². The van der Waals surface area contributed by atoms with E-state index in [-0.39, 0.29) is 35.4 Å². The standard InChI is InChI=1S/C19H26N2O5S.ClH/c22-19(21-6-3-14-12-20-13-15(14)4-7-21)5-10-27(23,24)16-1-2-17-18(11-16)26-9-8-25-17;/h1-2,11,14-15,20H,3-10,12-13H2;1H/t14-,15+;. The number of hydrogen-bond acceptors (Lipinski definition) is 6. The monoisotopic (exact) mass is 430 g/mol. The number of nitrogens with one attached hydrogen (secondary N) is 1. The average Bonchev–Trinajstić information content (AvgIpc) is 3.04. The quantitative estimate of drug-likeness (QED) is 0.779. The summed E-state index contributed by atoms with van der Waals surface area (Å²) in [5.41, 5.74) is 0. The number of benzene rings is 1. The van der Waals surface area contributed by atoms with Crippen LogP contribution in [-0.4, -0.2) is 64.4 Å². The Morgan fingerprint density at radius 3 is 2.39 bits per heavy atom. The number of amides is 1. The molecule has 0 bridgehead atoms. The van der Waals surface area contributed by atoms with E-state index in [0.717, 1.165) is 39.0 Å². The maximum absolute atomic E-state index is 12.7. The lowest BCUT2D eigenvalue weighted by Crippen LogP contribution is -2.33. The summed E-state index contributed by atoms with van der Waals surface area (Å²) in [4.78, 5) is 14.6. The van der Waals surface area contributed by atoms with Gasteiger partial charge in [-0.2, -0.15) is 0 Å². The van der Waals surface area contributed by atoms with Gasteiger partial charge in [-0.25, -0.2) is 8.42 Å². The normalized spacial score (nSPS) is 24.1. The highest BCUT2D eigenvalue weighted by Crippen LogP contribution is 2.33. The van der Waals surface area contributed by atoms with Crippen molar-refractivity contribution >= 4 is 28.2 Å². The van der Waals surface area contributed by atoms with E-state index in [4.69, 9.17) is 9.47 Å². The Labute approximate surface area is 172 Å². The van der Waals surface area contributed by atoms with Gasteiger partial charge in [0.05, 0.1) is 10.6 Å². The Kier molecular flexibility index (Phi) is 6.73. The Morgan fingerprint density at radius 1 is 1.07 bits per heavy atom. The number of ether oxygens (including phenoxy) is 2. The van der Waals surface area contributed by atoms with Crippen LogP contribution in [0.2, 0.25) is 0 Å². The van der Waals surface area contributed by atoms with Gasteiger partial charge >= 0.3 is 0 Å². The van der Waals surface area contributed by atoms with E-state index in [1.54, 1.807) is 6.07 Å². The summed E-state index contributed by atoms with van der Waals surface area (Å²) >= 11 is 0. The Balaban J connectivity index is 0.00000225. The molecular formula is C19H27ClN2O5S. The van der Waals surface area contributed by atoms with E-state index in [1.165, 1.54) is 12.1 Å². The number of hydrogen-bond donors (Lipinski definition) is 1. The largest absolute Gasteiger partial charge is 0.486 e. The van der Waals surface area contributed by atoms with Crippen LogP contribution >= 0.6 is 12.4 Å². The number of sulfone groups is 1. The number of fused-ring (bicyclic) bond motifs is 2. The summed E-state index contributed by atoms with van der Waals surface area (Å²) in [5, 5.41) is 3.42. The zero-order chi connectivity index (χ0) is 18.9. The Hall–Kier alpha value is -1.51. The van der Waals surface area contributed by atoms with Gasteiger partial charge in [-0.1, -0.05) is 0 Å². The lowest BCUT2D eigenvalue weighted by molar-refractivity contribution is -0.130. The molecule has 2 saturated heterocycles. The highest BCUT2D eigenvalue weighted by Gasteiger charge is 2.31.